The minimum Gasteiger partial charge on any atom is -0.497 e. The highest BCUT2D eigenvalue weighted by molar-refractivity contribution is 5.98. The van der Waals surface area contributed by atoms with E-state index < -0.39 is 5.82 Å². The van der Waals surface area contributed by atoms with E-state index in [4.69, 9.17) is 9.47 Å². The first-order chi connectivity index (χ1) is 13.6. The number of hydrogen-bond donors (Lipinski definition) is 1. The average Bonchev–Trinajstić information content (AvgIpc) is 3.35. The summed E-state index contributed by atoms with van der Waals surface area (Å²) in [6.07, 6.45) is 2.08. The second-order valence-electron chi connectivity index (χ2n) is 6.71. The molecule has 0 bridgehead atoms. The van der Waals surface area contributed by atoms with Crippen LogP contribution in [0, 0.1) is 5.82 Å². The fourth-order valence-corrected chi connectivity index (χ4v) is 3.40. The van der Waals surface area contributed by atoms with Gasteiger partial charge in [-0.2, -0.15) is 9.37 Å². The van der Waals surface area contributed by atoms with Crippen LogP contribution < -0.4 is 9.47 Å². The van der Waals surface area contributed by atoms with Gasteiger partial charge in [0.25, 0.3) is 11.8 Å². The van der Waals surface area contributed by atoms with E-state index in [-0.39, 0.29) is 17.9 Å². The van der Waals surface area contributed by atoms with Crippen molar-refractivity contribution in [3.05, 3.63) is 47.8 Å². The van der Waals surface area contributed by atoms with Crippen molar-refractivity contribution in [1.29, 1.82) is 0 Å². The summed E-state index contributed by atoms with van der Waals surface area (Å²) in [6, 6.07) is 7.43. The van der Waals surface area contributed by atoms with Gasteiger partial charge in [-0.05, 0) is 24.6 Å². The van der Waals surface area contributed by atoms with Crippen LogP contribution in [0.5, 0.6) is 11.6 Å². The number of fused-ring (bicyclic) bond motifs is 1. The number of carbonyl (C=O) groups excluding carboxylic acids is 1. The summed E-state index contributed by atoms with van der Waals surface area (Å²) in [5.41, 5.74) is 1.67. The van der Waals surface area contributed by atoms with Crippen molar-refractivity contribution in [2.75, 3.05) is 20.2 Å². The molecule has 146 valence electrons. The maximum Gasteiger partial charge on any atom is 0.270 e. The largest absolute Gasteiger partial charge is 0.497 e. The van der Waals surface area contributed by atoms with Gasteiger partial charge in [0.05, 0.1) is 19.3 Å². The number of aromatic nitrogens is 3. The van der Waals surface area contributed by atoms with Crippen molar-refractivity contribution in [2.24, 2.45) is 0 Å². The molecule has 1 fully saturated rings. The Morgan fingerprint density at radius 1 is 1.36 bits per heavy atom. The van der Waals surface area contributed by atoms with E-state index in [1.807, 2.05) is 31.2 Å². The maximum absolute atomic E-state index is 14.3. The summed E-state index contributed by atoms with van der Waals surface area (Å²) in [5, 5.41) is 0.936. The Bertz CT molecular complexity index is 1020. The smallest absolute Gasteiger partial charge is 0.270 e. The number of benzene rings is 1. The zero-order valence-electron chi connectivity index (χ0n) is 15.7. The number of aryl methyl sites for hydroxylation is 1. The van der Waals surface area contributed by atoms with E-state index in [2.05, 4.69) is 15.0 Å². The van der Waals surface area contributed by atoms with Crippen LogP contribution in [0.15, 0.2) is 30.6 Å². The van der Waals surface area contributed by atoms with Crippen molar-refractivity contribution >= 4 is 16.8 Å². The number of nitrogens with one attached hydrogen (secondary N) is 1. The van der Waals surface area contributed by atoms with Gasteiger partial charge in [0.2, 0.25) is 5.82 Å². The van der Waals surface area contributed by atoms with Gasteiger partial charge in [-0.1, -0.05) is 6.92 Å². The van der Waals surface area contributed by atoms with E-state index in [1.165, 1.54) is 6.33 Å². The van der Waals surface area contributed by atoms with Gasteiger partial charge in [-0.25, -0.2) is 4.98 Å². The lowest BCUT2D eigenvalue weighted by Gasteiger charge is -2.16. The van der Waals surface area contributed by atoms with Crippen LogP contribution in [0.4, 0.5) is 4.39 Å². The first-order valence-electron chi connectivity index (χ1n) is 9.21. The molecule has 1 saturated heterocycles. The number of methoxy groups -OCH3 is 1. The predicted molar refractivity (Wildman–Crippen MR) is 101 cm³/mol. The van der Waals surface area contributed by atoms with Crippen molar-refractivity contribution in [3.8, 4) is 11.6 Å². The van der Waals surface area contributed by atoms with Crippen LogP contribution in [0.3, 0.4) is 0 Å². The number of H-pyrrole nitrogens is 1. The number of nitrogens with zero attached hydrogens (tertiary/aromatic N) is 3. The summed E-state index contributed by atoms with van der Waals surface area (Å²) in [7, 11) is 1.60. The van der Waals surface area contributed by atoms with Crippen molar-refractivity contribution < 1.29 is 18.7 Å². The van der Waals surface area contributed by atoms with Crippen LogP contribution in [0.25, 0.3) is 10.9 Å². The van der Waals surface area contributed by atoms with Gasteiger partial charge >= 0.3 is 0 Å². The first-order valence-corrected chi connectivity index (χ1v) is 9.21. The third kappa shape index (κ3) is 3.37. The fourth-order valence-electron chi connectivity index (χ4n) is 3.40. The number of carbonyl (C=O) groups is 1. The number of amides is 1. The lowest BCUT2D eigenvalue weighted by molar-refractivity contribution is 0.0765. The maximum atomic E-state index is 14.3. The van der Waals surface area contributed by atoms with E-state index >= 15 is 0 Å². The number of halogens is 1. The molecule has 1 atom stereocenters. The topological polar surface area (TPSA) is 80.3 Å². The predicted octanol–water partition coefficient (Wildman–Crippen LogP) is 2.96. The summed E-state index contributed by atoms with van der Waals surface area (Å²) < 4.78 is 25.2. The van der Waals surface area contributed by atoms with Crippen LogP contribution in [-0.4, -0.2) is 52.1 Å². The lowest BCUT2D eigenvalue weighted by Crippen LogP contribution is -2.31. The molecule has 1 aliphatic rings. The van der Waals surface area contributed by atoms with Gasteiger partial charge in [0.1, 0.15) is 23.9 Å². The summed E-state index contributed by atoms with van der Waals surface area (Å²) in [4.78, 5) is 25.5. The van der Waals surface area contributed by atoms with Crippen molar-refractivity contribution in [2.45, 2.75) is 25.9 Å². The minimum absolute atomic E-state index is 0.0520. The van der Waals surface area contributed by atoms with Gasteiger partial charge in [0, 0.05) is 29.9 Å². The fraction of sp³-hybridized carbons (Fsp3) is 0.350. The third-order valence-electron chi connectivity index (χ3n) is 4.94. The molecule has 0 spiro atoms. The molecule has 7 nitrogen and oxygen atoms in total. The zero-order chi connectivity index (χ0) is 19.7. The molecule has 3 heterocycles. The molecule has 4 rings (SSSR count). The van der Waals surface area contributed by atoms with Gasteiger partial charge in [0.15, 0.2) is 0 Å². The van der Waals surface area contributed by atoms with E-state index in [9.17, 15) is 9.18 Å². The molecular formula is C20H21FN4O3. The molecule has 0 radical (unpaired) electrons. The highest BCUT2D eigenvalue weighted by atomic mass is 19.1. The van der Waals surface area contributed by atoms with Crippen LogP contribution >= 0.6 is 0 Å². The highest BCUT2D eigenvalue weighted by Gasteiger charge is 2.30. The van der Waals surface area contributed by atoms with E-state index in [0.717, 1.165) is 16.7 Å². The van der Waals surface area contributed by atoms with Crippen LogP contribution in [0.2, 0.25) is 0 Å². The van der Waals surface area contributed by atoms with Gasteiger partial charge in [-0.3, -0.25) is 4.79 Å². The Hall–Kier alpha value is -3.16. The Balaban J connectivity index is 1.46. The molecular weight excluding hydrogens is 363 g/mol. The molecule has 1 amide bonds. The SMILES string of the molecule is CCc1ncnc(OC2CCN(C(=O)c3cc4ccc(OC)cc4[nH]3)C2)c1F. The molecule has 3 aromatic rings. The number of likely N-dealkylation sites (tertiary alicyclic amines) is 1. The van der Waals surface area contributed by atoms with Crippen LogP contribution in [-0.2, 0) is 6.42 Å². The summed E-state index contributed by atoms with van der Waals surface area (Å²) in [5.74, 6) is 0.0307. The molecule has 1 unspecified atom stereocenters. The molecule has 0 aliphatic carbocycles. The summed E-state index contributed by atoms with van der Waals surface area (Å²) >= 11 is 0. The number of ether oxygens (including phenoxy) is 2. The van der Waals surface area contributed by atoms with E-state index in [0.29, 0.717) is 37.3 Å². The van der Waals surface area contributed by atoms with Gasteiger partial charge in [-0.15, -0.1) is 0 Å². The summed E-state index contributed by atoms with van der Waals surface area (Å²) in [6.45, 7) is 2.74. The molecule has 28 heavy (non-hydrogen) atoms. The average molecular weight is 384 g/mol. The van der Waals surface area contributed by atoms with Crippen molar-refractivity contribution in [1.82, 2.24) is 19.9 Å². The monoisotopic (exact) mass is 384 g/mol. The third-order valence-corrected chi connectivity index (χ3v) is 4.94. The first kappa shape index (κ1) is 18.2. The number of hydrogen-bond acceptors (Lipinski definition) is 5. The Morgan fingerprint density at radius 3 is 3.00 bits per heavy atom. The minimum atomic E-state index is -0.528. The van der Waals surface area contributed by atoms with Crippen LogP contribution in [0.1, 0.15) is 29.5 Å². The number of aromatic amines is 1. The quantitative estimate of drug-likeness (QED) is 0.732. The number of rotatable bonds is 5. The van der Waals surface area contributed by atoms with Crippen molar-refractivity contribution in [3.63, 3.8) is 0 Å². The Labute approximate surface area is 161 Å². The molecule has 1 aromatic carbocycles. The van der Waals surface area contributed by atoms with Gasteiger partial charge < -0.3 is 19.4 Å². The molecule has 8 heteroatoms. The standard InChI is InChI=1S/C20H21FN4O3/c1-3-15-18(21)19(23-11-22-15)28-14-6-7-25(10-14)20(26)17-8-12-4-5-13(27-2)9-16(12)24-17/h4-5,8-9,11,14,24H,3,6-7,10H2,1-2H3. The Kier molecular flexibility index (Phi) is 4.85. The molecule has 2 aromatic heterocycles. The van der Waals surface area contributed by atoms with E-state index in [1.54, 1.807) is 12.0 Å². The second kappa shape index (κ2) is 7.46. The normalized spacial score (nSPS) is 16.5. The molecule has 1 N–H and O–H groups in total. The highest BCUT2D eigenvalue weighted by Crippen LogP contribution is 2.24. The molecule has 0 saturated carbocycles. The lowest BCUT2D eigenvalue weighted by atomic mass is 10.2. The zero-order valence-corrected chi connectivity index (χ0v) is 15.7. The second-order valence-corrected chi connectivity index (χ2v) is 6.71. The molecule has 1 aliphatic heterocycles. The Morgan fingerprint density at radius 2 is 2.21 bits per heavy atom.